The van der Waals surface area contributed by atoms with E-state index in [1.54, 1.807) is 42.5 Å². The summed E-state index contributed by atoms with van der Waals surface area (Å²) in [5.74, 6) is 6.48. The van der Waals surface area contributed by atoms with E-state index in [2.05, 4.69) is 16.9 Å². The first-order chi connectivity index (χ1) is 13.2. The summed E-state index contributed by atoms with van der Waals surface area (Å²) in [6, 6.07) is 3.23. The molecule has 1 amide bonds. The quantitative estimate of drug-likeness (QED) is 0.804. The third-order valence-electron chi connectivity index (χ3n) is 4.74. The highest BCUT2D eigenvalue weighted by Crippen LogP contribution is 2.26. The van der Waals surface area contributed by atoms with Gasteiger partial charge in [-0.15, -0.1) is 0 Å². The Hall–Kier alpha value is -2.79. The Bertz CT molecular complexity index is 980. The molecule has 1 aliphatic heterocycles. The predicted octanol–water partition coefficient (Wildman–Crippen LogP) is 1.34. The summed E-state index contributed by atoms with van der Waals surface area (Å²) in [6.07, 6.45) is 1.71. The van der Waals surface area contributed by atoms with E-state index in [4.69, 9.17) is 4.42 Å². The maximum absolute atomic E-state index is 12.9. The number of hydrogen-bond donors (Lipinski definition) is 1. The van der Waals surface area contributed by atoms with Crippen LogP contribution in [0.15, 0.2) is 21.3 Å². The second-order valence-electron chi connectivity index (χ2n) is 7.57. The molecule has 1 saturated heterocycles. The summed E-state index contributed by atoms with van der Waals surface area (Å²) in [4.78, 5) is 26.8. The fourth-order valence-electron chi connectivity index (χ4n) is 3.39. The lowest BCUT2D eigenvalue weighted by Crippen LogP contribution is -2.40. The molecule has 0 bridgehead atoms. The van der Waals surface area contributed by atoms with Crippen LogP contribution in [0.1, 0.15) is 61.7 Å². The smallest absolute Gasteiger partial charge is 0.345 e. The molecule has 1 atom stereocenters. The number of furan rings is 1. The first-order valence-corrected chi connectivity index (χ1v) is 9.48. The van der Waals surface area contributed by atoms with Crippen molar-refractivity contribution < 1.29 is 14.3 Å². The van der Waals surface area contributed by atoms with Gasteiger partial charge >= 0.3 is 5.69 Å². The molecule has 8 nitrogen and oxygen atoms in total. The fraction of sp³-hybridized carbons (Fsp3) is 0.550. The van der Waals surface area contributed by atoms with E-state index in [0.717, 1.165) is 18.7 Å². The third-order valence-corrected chi connectivity index (χ3v) is 4.74. The van der Waals surface area contributed by atoms with Crippen molar-refractivity contribution in [2.75, 3.05) is 13.1 Å². The minimum Gasteiger partial charge on any atom is -0.443 e. The largest absolute Gasteiger partial charge is 0.443 e. The minimum atomic E-state index is -1.13. The second-order valence-corrected chi connectivity index (χ2v) is 7.57. The predicted molar refractivity (Wildman–Crippen MR) is 103 cm³/mol. The molecule has 0 radical (unpaired) electrons. The second kappa shape index (κ2) is 7.68. The van der Waals surface area contributed by atoms with Crippen molar-refractivity contribution in [2.24, 2.45) is 7.05 Å². The monoisotopic (exact) mass is 386 g/mol. The van der Waals surface area contributed by atoms with Gasteiger partial charge in [-0.2, -0.15) is 5.10 Å². The number of nitrogens with zero attached hydrogens (tertiary/aromatic N) is 4. The Morgan fingerprint density at radius 2 is 2.18 bits per heavy atom. The van der Waals surface area contributed by atoms with Crippen LogP contribution >= 0.6 is 0 Å². The van der Waals surface area contributed by atoms with Crippen molar-refractivity contribution in [2.45, 2.75) is 51.7 Å². The van der Waals surface area contributed by atoms with Crippen molar-refractivity contribution in [3.8, 4) is 11.8 Å². The molecule has 0 spiro atoms. The van der Waals surface area contributed by atoms with Gasteiger partial charge in [0.1, 0.15) is 11.4 Å². The number of aliphatic hydroxyl groups is 1. The van der Waals surface area contributed by atoms with Crippen LogP contribution in [0.3, 0.4) is 0 Å². The van der Waals surface area contributed by atoms with Crippen LogP contribution in [0.2, 0.25) is 0 Å². The molecular weight excluding hydrogens is 360 g/mol. The molecular formula is C20H26N4O4. The van der Waals surface area contributed by atoms with Gasteiger partial charge in [0.25, 0.3) is 5.91 Å². The van der Waals surface area contributed by atoms with Gasteiger partial charge in [0.2, 0.25) is 0 Å². The first kappa shape index (κ1) is 20.0. The number of carbonyl (C=O) groups is 1. The minimum absolute atomic E-state index is 0.0102. The van der Waals surface area contributed by atoms with E-state index in [1.807, 2.05) is 6.92 Å². The summed E-state index contributed by atoms with van der Waals surface area (Å²) < 4.78 is 8.56. The number of amides is 1. The summed E-state index contributed by atoms with van der Waals surface area (Å²) >= 11 is 0. The average Bonchev–Trinajstić information content (AvgIpc) is 3.24. The fourth-order valence-corrected chi connectivity index (χ4v) is 3.39. The van der Waals surface area contributed by atoms with Crippen LogP contribution in [-0.2, 0) is 13.6 Å². The van der Waals surface area contributed by atoms with Crippen molar-refractivity contribution in [3.05, 3.63) is 40.0 Å². The van der Waals surface area contributed by atoms with E-state index in [0.29, 0.717) is 25.4 Å². The number of piperidine rings is 1. The number of hydrogen-bond acceptors (Lipinski definition) is 5. The lowest BCUT2D eigenvalue weighted by atomic mass is 9.97. The Morgan fingerprint density at radius 1 is 1.43 bits per heavy atom. The van der Waals surface area contributed by atoms with Crippen LogP contribution < -0.4 is 5.69 Å². The number of aryl methyl sites for hydroxylation is 1. The molecule has 0 unspecified atom stereocenters. The van der Waals surface area contributed by atoms with Crippen LogP contribution in [0.5, 0.6) is 0 Å². The maximum Gasteiger partial charge on any atom is 0.345 e. The maximum atomic E-state index is 12.9. The summed E-state index contributed by atoms with van der Waals surface area (Å²) in [5.41, 5.74) is -1.27. The zero-order chi connectivity index (χ0) is 20.5. The van der Waals surface area contributed by atoms with Crippen molar-refractivity contribution in [1.82, 2.24) is 19.2 Å². The lowest BCUT2D eigenvalue weighted by Gasteiger charge is -2.31. The third kappa shape index (κ3) is 4.20. The molecule has 2 aromatic rings. The van der Waals surface area contributed by atoms with Crippen LogP contribution in [0.25, 0.3) is 0 Å². The SMILES string of the molecule is CCn1c([C@@H]2CCCN(C(=O)c3ccc(C#CC(C)(C)O)o3)C2)nn(C)c1=O. The van der Waals surface area contributed by atoms with Crippen LogP contribution in [0.4, 0.5) is 0 Å². The molecule has 1 aliphatic rings. The Kier molecular flexibility index (Phi) is 5.47. The zero-order valence-corrected chi connectivity index (χ0v) is 16.7. The Morgan fingerprint density at radius 3 is 2.86 bits per heavy atom. The molecule has 3 heterocycles. The molecule has 3 rings (SSSR count). The number of rotatable bonds is 3. The molecule has 2 aromatic heterocycles. The Balaban J connectivity index is 1.77. The van der Waals surface area contributed by atoms with Crippen LogP contribution in [-0.4, -0.2) is 49.0 Å². The molecule has 150 valence electrons. The van der Waals surface area contributed by atoms with Crippen molar-refractivity contribution >= 4 is 5.91 Å². The van der Waals surface area contributed by atoms with E-state index in [9.17, 15) is 14.7 Å². The molecule has 0 aromatic carbocycles. The number of aromatic nitrogens is 3. The van der Waals surface area contributed by atoms with E-state index >= 15 is 0 Å². The van der Waals surface area contributed by atoms with Gasteiger partial charge in [-0.1, -0.05) is 5.92 Å². The summed E-state index contributed by atoms with van der Waals surface area (Å²) in [6.45, 7) is 6.74. The normalized spacial score (nSPS) is 17.3. The zero-order valence-electron chi connectivity index (χ0n) is 16.7. The van der Waals surface area contributed by atoms with Crippen molar-refractivity contribution in [1.29, 1.82) is 0 Å². The average molecular weight is 386 g/mol. The van der Waals surface area contributed by atoms with Gasteiger partial charge in [0.15, 0.2) is 11.5 Å². The highest BCUT2D eigenvalue weighted by molar-refractivity contribution is 5.91. The molecule has 28 heavy (non-hydrogen) atoms. The van der Waals surface area contributed by atoms with Gasteiger partial charge in [-0.3, -0.25) is 9.36 Å². The summed E-state index contributed by atoms with van der Waals surface area (Å²) in [5, 5.41) is 14.1. The Labute approximate surface area is 163 Å². The number of likely N-dealkylation sites (tertiary alicyclic amines) is 1. The highest BCUT2D eigenvalue weighted by Gasteiger charge is 2.30. The summed E-state index contributed by atoms with van der Waals surface area (Å²) in [7, 11) is 1.64. The standard InChI is InChI=1S/C20H26N4O4/c1-5-24-17(21-22(4)19(24)26)14-7-6-12-23(13-14)18(25)16-9-8-15(28-16)10-11-20(2,3)27/h8-9,14,27H,5-7,12-13H2,1-4H3/t14-/m1/s1. The van der Waals surface area contributed by atoms with Gasteiger partial charge in [0, 0.05) is 32.6 Å². The van der Waals surface area contributed by atoms with Gasteiger partial charge in [-0.05, 0) is 51.7 Å². The van der Waals surface area contributed by atoms with Gasteiger partial charge in [-0.25, -0.2) is 9.48 Å². The molecule has 0 aliphatic carbocycles. The van der Waals surface area contributed by atoms with Crippen molar-refractivity contribution in [3.63, 3.8) is 0 Å². The molecule has 8 heteroatoms. The van der Waals surface area contributed by atoms with Crippen LogP contribution in [0, 0.1) is 11.8 Å². The van der Waals surface area contributed by atoms with Gasteiger partial charge in [0.05, 0.1) is 0 Å². The lowest BCUT2D eigenvalue weighted by molar-refractivity contribution is 0.0670. The molecule has 0 saturated carbocycles. The first-order valence-electron chi connectivity index (χ1n) is 9.48. The van der Waals surface area contributed by atoms with E-state index in [-0.39, 0.29) is 23.3 Å². The van der Waals surface area contributed by atoms with Gasteiger partial charge < -0.3 is 14.4 Å². The van der Waals surface area contributed by atoms with E-state index in [1.165, 1.54) is 4.68 Å². The number of carbonyl (C=O) groups excluding carboxylic acids is 1. The topological polar surface area (TPSA) is 93.5 Å². The van der Waals surface area contributed by atoms with E-state index < -0.39 is 5.60 Å². The molecule has 1 N–H and O–H groups in total. The highest BCUT2D eigenvalue weighted by atomic mass is 16.4. The molecule has 1 fully saturated rings.